The lowest BCUT2D eigenvalue weighted by Crippen LogP contribution is -2.45. The Morgan fingerprint density at radius 1 is 1.33 bits per heavy atom. The molecule has 1 fully saturated rings. The van der Waals surface area contributed by atoms with Crippen LogP contribution in [-0.2, 0) is 4.79 Å². The van der Waals surface area contributed by atoms with E-state index in [4.69, 9.17) is 5.73 Å². The van der Waals surface area contributed by atoms with E-state index in [0.717, 1.165) is 32.5 Å². The molecule has 1 atom stereocenters. The van der Waals surface area contributed by atoms with Gasteiger partial charge in [-0.25, -0.2) is 0 Å². The van der Waals surface area contributed by atoms with E-state index < -0.39 is 0 Å². The zero-order valence-corrected chi connectivity index (χ0v) is 12.8. The highest BCUT2D eigenvalue weighted by molar-refractivity contribution is 5.76. The average Bonchev–Trinajstić information content (AvgIpc) is 2.28. The van der Waals surface area contributed by atoms with Crippen LogP contribution in [-0.4, -0.2) is 30.4 Å². The largest absolute Gasteiger partial charge is 0.343 e. The maximum atomic E-state index is 12.2. The van der Waals surface area contributed by atoms with Crippen molar-refractivity contribution in [3.63, 3.8) is 0 Å². The molecule has 1 unspecified atom stereocenters. The van der Waals surface area contributed by atoms with Crippen LogP contribution in [0.25, 0.3) is 0 Å². The van der Waals surface area contributed by atoms with Gasteiger partial charge in [0.05, 0.1) is 0 Å². The number of hydrogen-bond acceptors (Lipinski definition) is 2. The maximum absolute atomic E-state index is 12.2. The molecule has 106 valence electrons. The summed E-state index contributed by atoms with van der Waals surface area (Å²) in [7, 11) is 0. The van der Waals surface area contributed by atoms with E-state index in [1.807, 2.05) is 4.90 Å². The summed E-state index contributed by atoms with van der Waals surface area (Å²) in [6, 6.07) is 0. The van der Waals surface area contributed by atoms with Crippen LogP contribution < -0.4 is 5.73 Å². The van der Waals surface area contributed by atoms with Crippen LogP contribution in [0.15, 0.2) is 0 Å². The van der Waals surface area contributed by atoms with Gasteiger partial charge in [-0.3, -0.25) is 4.79 Å². The number of hydrogen-bond donors (Lipinski definition) is 1. The number of nitrogens with zero attached hydrogens (tertiary/aromatic N) is 1. The zero-order chi connectivity index (χ0) is 14.0. The van der Waals surface area contributed by atoms with E-state index in [-0.39, 0.29) is 10.8 Å². The van der Waals surface area contributed by atoms with Crippen molar-refractivity contribution in [3.8, 4) is 0 Å². The summed E-state index contributed by atoms with van der Waals surface area (Å²) in [5.74, 6) is 0.740. The molecule has 0 spiro atoms. The van der Waals surface area contributed by atoms with Crippen molar-refractivity contribution in [1.82, 2.24) is 4.90 Å². The average molecular weight is 254 g/mol. The fourth-order valence-electron chi connectivity index (χ4n) is 2.20. The summed E-state index contributed by atoms with van der Waals surface area (Å²) < 4.78 is 0. The molecule has 2 N–H and O–H groups in total. The van der Waals surface area contributed by atoms with Crippen molar-refractivity contribution in [1.29, 1.82) is 0 Å². The van der Waals surface area contributed by atoms with Gasteiger partial charge in [0.25, 0.3) is 0 Å². The number of rotatable bonds is 3. The van der Waals surface area contributed by atoms with E-state index in [2.05, 4.69) is 34.6 Å². The first-order valence-corrected chi connectivity index (χ1v) is 7.16. The summed E-state index contributed by atoms with van der Waals surface area (Å²) >= 11 is 0. The number of carbonyl (C=O) groups excluding carboxylic acids is 1. The fraction of sp³-hybridized carbons (Fsp3) is 0.933. The van der Waals surface area contributed by atoms with Gasteiger partial charge in [0.2, 0.25) is 5.91 Å². The van der Waals surface area contributed by atoms with E-state index in [9.17, 15) is 4.79 Å². The van der Waals surface area contributed by atoms with Gasteiger partial charge < -0.3 is 10.6 Å². The lowest BCUT2D eigenvalue weighted by molar-refractivity contribution is -0.135. The normalized spacial score (nSPS) is 21.8. The summed E-state index contributed by atoms with van der Waals surface area (Å²) in [5, 5.41) is 0. The van der Waals surface area contributed by atoms with E-state index in [1.165, 1.54) is 0 Å². The topological polar surface area (TPSA) is 46.3 Å². The molecule has 3 heteroatoms. The molecule has 0 aliphatic carbocycles. The second-order valence-corrected chi connectivity index (χ2v) is 7.37. The molecule has 0 saturated carbocycles. The number of nitrogens with two attached hydrogens (primary N) is 1. The second-order valence-electron chi connectivity index (χ2n) is 7.37. The Bertz CT molecular complexity index is 285. The molecule has 1 rings (SSSR count). The van der Waals surface area contributed by atoms with Gasteiger partial charge >= 0.3 is 0 Å². The van der Waals surface area contributed by atoms with E-state index >= 15 is 0 Å². The van der Waals surface area contributed by atoms with Crippen LogP contribution >= 0.6 is 0 Å². The van der Waals surface area contributed by atoms with Crippen LogP contribution in [0.4, 0.5) is 0 Å². The summed E-state index contributed by atoms with van der Waals surface area (Å²) in [6.07, 6.45) is 2.75. The molecule has 1 saturated heterocycles. The highest BCUT2D eigenvalue weighted by atomic mass is 16.2. The molecular weight excluding hydrogens is 224 g/mol. The van der Waals surface area contributed by atoms with Crippen LogP contribution in [0.5, 0.6) is 0 Å². The Hall–Kier alpha value is -0.570. The summed E-state index contributed by atoms with van der Waals surface area (Å²) in [6.45, 7) is 13.5. The first-order chi connectivity index (χ1) is 8.18. The first kappa shape index (κ1) is 15.5. The number of amides is 1. The minimum atomic E-state index is 0.206. The van der Waals surface area contributed by atoms with Gasteiger partial charge in [0.15, 0.2) is 0 Å². The highest BCUT2D eigenvalue weighted by Crippen LogP contribution is 2.32. The minimum absolute atomic E-state index is 0.206. The third-order valence-electron chi connectivity index (χ3n) is 4.78. The van der Waals surface area contributed by atoms with Crippen molar-refractivity contribution in [2.75, 3.05) is 19.6 Å². The Morgan fingerprint density at radius 2 is 1.83 bits per heavy atom. The zero-order valence-electron chi connectivity index (χ0n) is 12.8. The van der Waals surface area contributed by atoms with Crippen molar-refractivity contribution in [2.45, 2.75) is 53.9 Å². The Balaban J connectivity index is 2.46. The van der Waals surface area contributed by atoms with Crippen molar-refractivity contribution in [2.24, 2.45) is 22.5 Å². The predicted octanol–water partition coefficient (Wildman–Crippen LogP) is 2.65. The molecule has 1 amide bonds. The van der Waals surface area contributed by atoms with Crippen molar-refractivity contribution >= 4 is 5.91 Å². The smallest absolute Gasteiger partial charge is 0.222 e. The molecular formula is C15H30N2O. The first-order valence-electron chi connectivity index (χ1n) is 7.16. The Kier molecular flexibility index (Phi) is 4.82. The summed E-state index contributed by atoms with van der Waals surface area (Å²) in [4.78, 5) is 14.3. The number of likely N-dealkylation sites (tertiary alicyclic amines) is 1. The monoisotopic (exact) mass is 254 g/mol. The lowest BCUT2D eigenvalue weighted by atomic mass is 9.78. The number of piperidine rings is 1. The molecule has 0 aromatic rings. The molecule has 0 bridgehead atoms. The molecule has 1 aliphatic rings. The maximum Gasteiger partial charge on any atom is 0.222 e. The van der Waals surface area contributed by atoms with E-state index in [1.54, 1.807) is 0 Å². The molecule has 18 heavy (non-hydrogen) atoms. The molecule has 0 radical (unpaired) electrons. The molecule has 0 aromatic heterocycles. The standard InChI is InChI=1S/C15H30N2O/c1-12(14(2,3)4)10-13(18)17-8-6-15(5,11-16)7-9-17/h12H,6-11,16H2,1-5H3. The third-order valence-corrected chi connectivity index (χ3v) is 4.78. The highest BCUT2D eigenvalue weighted by Gasteiger charge is 2.32. The Morgan fingerprint density at radius 3 is 2.22 bits per heavy atom. The molecule has 0 aromatic carbocycles. The van der Waals surface area contributed by atoms with Crippen LogP contribution in [0.2, 0.25) is 0 Å². The molecule has 1 aliphatic heterocycles. The minimum Gasteiger partial charge on any atom is -0.343 e. The predicted molar refractivity (Wildman–Crippen MR) is 76.2 cm³/mol. The van der Waals surface area contributed by atoms with Gasteiger partial charge in [-0.05, 0) is 36.1 Å². The number of carbonyl (C=O) groups is 1. The van der Waals surface area contributed by atoms with Gasteiger partial charge in [-0.15, -0.1) is 0 Å². The van der Waals surface area contributed by atoms with Crippen LogP contribution in [0, 0.1) is 16.7 Å². The van der Waals surface area contributed by atoms with E-state index in [0.29, 0.717) is 18.2 Å². The van der Waals surface area contributed by atoms with Crippen LogP contribution in [0.3, 0.4) is 0 Å². The van der Waals surface area contributed by atoms with Gasteiger partial charge in [-0.2, -0.15) is 0 Å². The second kappa shape index (κ2) is 5.60. The van der Waals surface area contributed by atoms with Crippen LogP contribution in [0.1, 0.15) is 53.9 Å². The molecule has 1 heterocycles. The molecule has 3 nitrogen and oxygen atoms in total. The SMILES string of the molecule is CC(CC(=O)N1CCC(C)(CN)CC1)C(C)(C)C. The van der Waals surface area contributed by atoms with Gasteiger partial charge in [0.1, 0.15) is 0 Å². The quantitative estimate of drug-likeness (QED) is 0.841. The summed E-state index contributed by atoms with van der Waals surface area (Å²) in [5.41, 5.74) is 6.24. The van der Waals surface area contributed by atoms with Crippen molar-refractivity contribution < 1.29 is 4.79 Å². The third kappa shape index (κ3) is 3.98. The van der Waals surface area contributed by atoms with Gasteiger partial charge in [0, 0.05) is 19.5 Å². The fourth-order valence-corrected chi connectivity index (χ4v) is 2.20. The lowest BCUT2D eigenvalue weighted by Gasteiger charge is -2.39. The van der Waals surface area contributed by atoms with Crippen molar-refractivity contribution in [3.05, 3.63) is 0 Å². The van der Waals surface area contributed by atoms with Gasteiger partial charge in [-0.1, -0.05) is 34.6 Å². The Labute approximate surface area is 112 Å².